The van der Waals surface area contributed by atoms with E-state index in [1.807, 2.05) is 78.9 Å². The fourth-order valence-corrected chi connectivity index (χ4v) is 3.61. The van der Waals surface area contributed by atoms with Crippen LogP contribution in [-0.2, 0) is 6.42 Å². The molecular formula is C25H19N3O. The maximum absolute atomic E-state index is 6.13. The SMILES string of the molecule is Nc1nc(-c2ccccc2)c(Cc2ccccc2)c(-c2cc3ccccc3o2)n1. The Morgan fingerprint density at radius 2 is 1.38 bits per heavy atom. The van der Waals surface area contributed by atoms with E-state index in [1.165, 1.54) is 5.56 Å². The number of rotatable bonds is 4. The largest absolute Gasteiger partial charge is 0.454 e. The number of nitrogen functional groups attached to an aromatic ring is 1. The van der Waals surface area contributed by atoms with Crippen LogP contribution in [0.3, 0.4) is 0 Å². The summed E-state index contributed by atoms with van der Waals surface area (Å²) in [5.41, 5.74) is 11.7. The third kappa shape index (κ3) is 3.36. The topological polar surface area (TPSA) is 64.9 Å². The second-order valence-electron chi connectivity index (χ2n) is 6.93. The summed E-state index contributed by atoms with van der Waals surface area (Å²) < 4.78 is 6.13. The Kier molecular flexibility index (Phi) is 4.30. The first kappa shape index (κ1) is 17.2. The van der Waals surface area contributed by atoms with Gasteiger partial charge in [0.05, 0.1) is 5.69 Å². The van der Waals surface area contributed by atoms with Crippen molar-refractivity contribution in [1.82, 2.24) is 9.97 Å². The standard InChI is InChI=1S/C25H19N3O/c26-25-27-23(18-11-5-2-6-12-18)20(15-17-9-3-1-4-10-17)24(28-25)22-16-19-13-7-8-14-21(19)29-22/h1-14,16H,15H2,(H2,26,27,28). The molecule has 2 aromatic heterocycles. The second-order valence-corrected chi connectivity index (χ2v) is 6.93. The molecule has 0 aliphatic carbocycles. The molecule has 0 bridgehead atoms. The first-order valence-corrected chi connectivity index (χ1v) is 9.52. The second kappa shape index (κ2) is 7.24. The molecule has 0 amide bonds. The van der Waals surface area contributed by atoms with Crippen LogP contribution in [-0.4, -0.2) is 9.97 Å². The first-order chi connectivity index (χ1) is 14.3. The van der Waals surface area contributed by atoms with Gasteiger partial charge in [-0.1, -0.05) is 78.9 Å². The van der Waals surface area contributed by atoms with Gasteiger partial charge in [-0.05, 0) is 17.7 Å². The normalized spacial score (nSPS) is 11.0. The van der Waals surface area contributed by atoms with Crippen LogP contribution in [0.2, 0.25) is 0 Å². The van der Waals surface area contributed by atoms with Crippen LogP contribution in [0.25, 0.3) is 33.7 Å². The van der Waals surface area contributed by atoms with E-state index in [0.717, 1.165) is 33.5 Å². The monoisotopic (exact) mass is 377 g/mol. The van der Waals surface area contributed by atoms with E-state index in [9.17, 15) is 0 Å². The fraction of sp³-hybridized carbons (Fsp3) is 0.0400. The van der Waals surface area contributed by atoms with Crippen molar-refractivity contribution in [2.24, 2.45) is 0 Å². The number of hydrogen-bond donors (Lipinski definition) is 1. The van der Waals surface area contributed by atoms with Crippen molar-refractivity contribution in [3.05, 3.63) is 102 Å². The predicted molar refractivity (Wildman–Crippen MR) is 116 cm³/mol. The lowest BCUT2D eigenvalue weighted by Crippen LogP contribution is -2.05. The lowest BCUT2D eigenvalue weighted by molar-refractivity contribution is 0.627. The van der Waals surface area contributed by atoms with Gasteiger partial charge in [0.25, 0.3) is 0 Å². The molecule has 0 atom stereocenters. The minimum atomic E-state index is 0.233. The lowest BCUT2D eigenvalue weighted by Gasteiger charge is -2.14. The van der Waals surface area contributed by atoms with Crippen molar-refractivity contribution < 1.29 is 4.42 Å². The van der Waals surface area contributed by atoms with E-state index in [4.69, 9.17) is 10.2 Å². The quantitative estimate of drug-likeness (QED) is 0.434. The molecule has 0 aliphatic rings. The van der Waals surface area contributed by atoms with Crippen LogP contribution in [0.15, 0.2) is 95.4 Å². The number of nitrogens with zero attached hydrogens (tertiary/aromatic N) is 2. The van der Waals surface area contributed by atoms with Crippen LogP contribution in [0.5, 0.6) is 0 Å². The number of para-hydroxylation sites is 1. The molecule has 2 heterocycles. The Bertz CT molecular complexity index is 1240. The summed E-state index contributed by atoms with van der Waals surface area (Å²) in [6.07, 6.45) is 0.678. The zero-order valence-corrected chi connectivity index (χ0v) is 15.7. The van der Waals surface area contributed by atoms with Gasteiger partial charge in [0.1, 0.15) is 11.3 Å². The molecule has 5 aromatic rings. The molecule has 5 rings (SSSR count). The molecule has 29 heavy (non-hydrogen) atoms. The third-order valence-corrected chi connectivity index (χ3v) is 4.95. The summed E-state index contributed by atoms with van der Waals surface area (Å²) in [5.74, 6) is 0.930. The van der Waals surface area contributed by atoms with Crippen molar-refractivity contribution in [3.8, 4) is 22.7 Å². The summed E-state index contributed by atoms with van der Waals surface area (Å²) in [6.45, 7) is 0. The maximum atomic E-state index is 6.13. The Morgan fingerprint density at radius 3 is 2.14 bits per heavy atom. The van der Waals surface area contributed by atoms with E-state index in [-0.39, 0.29) is 5.95 Å². The van der Waals surface area contributed by atoms with Gasteiger partial charge in [0.15, 0.2) is 5.76 Å². The summed E-state index contributed by atoms with van der Waals surface area (Å²) in [7, 11) is 0. The van der Waals surface area contributed by atoms with Crippen molar-refractivity contribution in [2.45, 2.75) is 6.42 Å². The van der Waals surface area contributed by atoms with Crippen LogP contribution in [0, 0.1) is 0 Å². The maximum Gasteiger partial charge on any atom is 0.221 e. The van der Waals surface area contributed by atoms with Crippen molar-refractivity contribution in [2.75, 3.05) is 5.73 Å². The first-order valence-electron chi connectivity index (χ1n) is 9.52. The summed E-state index contributed by atoms with van der Waals surface area (Å²) in [4.78, 5) is 9.20. The lowest BCUT2D eigenvalue weighted by atomic mass is 9.97. The average Bonchev–Trinajstić information content (AvgIpc) is 3.20. The molecule has 0 radical (unpaired) electrons. The van der Waals surface area contributed by atoms with Gasteiger partial charge in [0, 0.05) is 22.9 Å². The predicted octanol–water partition coefficient (Wildman–Crippen LogP) is 5.73. The van der Waals surface area contributed by atoms with Crippen LogP contribution >= 0.6 is 0 Å². The molecule has 4 nitrogen and oxygen atoms in total. The van der Waals surface area contributed by atoms with E-state index in [2.05, 4.69) is 22.1 Å². The fourth-order valence-electron chi connectivity index (χ4n) is 3.61. The van der Waals surface area contributed by atoms with Crippen molar-refractivity contribution in [3.63, 3.8) is 0 Å². The molecule has 140 valence electrons. The molecule has 0 aliphatic heterocycles. The molecule has 3 aromatic carbocycles. The van der Waals surface area contributed by atoms with Gasteiger partial charge in [0.2, 0.25) is 5.95 Å². The zero-order chi connectivity index (χ0) is 19.6. The molecule has 0 unspecified atom stereocenters. The Balaban J connectivity index is 1.75. The summed E-state index contributed by atoms with van der Waals surface area (Å²) in [5, 5.41) is 1.03. The number of benzene rings is 3. The average molecular weight is 377 g/mol. The van der Waals surface area contributed by atoms with Gasteiger partial charge >= 0.3 is 0 Å². The number of fused-ring (bicyclic) bond motifs is 1. The highest BCUT2D eigenvalue weighted by atomic mass is 16.3. The molecule has 0 spiro atoms. The number of aromatic nitrogens is 2. The van der Waals surface area contributed by atoms with Crippen LogP contribution in [0.4, 0.5) is 5.95 Å². The number of furan rings is 1. The minimum Gasteiger partial charge on any atom is -0.454 e. The molecule has 0 fully saturated rings. The molecule has 2 N–H and O–H groups in total. The number of anilines is 1. The molecular weight excluding hydrogens is 358 g/mol. The molecule has 0 saturated carbocycles. The van der Waals surface area contributed by atoms with Crippen LogP contribution in [0.1, 0.15) is 11.1 Å². The summed E-state index contributed by atoms with van der Waals surface area (Å²) in [6, 6.07) is 30.3. The number of nitrogens with two attached hydrogens (primary N) is 1. The van der Waals surface area contributed by atoms with E-state index >= 15 is 0 Å². The smallest absolute Gasteiger partial charge is 0.221 e. The van der Waals surface area contributed by atoms with Gasteiger partial charge in [-0.2, -0.15) is 0 Å². The van der Waals surface area contributed by atoms with Gasteiger partial charge in [-0.3, -0.25) is 0 Å². The minimum absolute atomic E-state index is 0.233. The van der Waals surface area contributed by atoms with E-state index in [1.54, 1.807) is 0 Å². The Labute approximate surface area is 168 Å². The molecule has 0 saturated heterocycles. The van der Waals surface area contributed by atoms with E-state index < -0.39 is 0 Å². The Hall–Kier alpha value is -3.92. The van der Waals surface area contributed by atoms with Crippen molar-refractivity contribution in [1.29, 1.82) is 0 Å². The van der Waals surface area contributed by atoms with Gasteiger partial charge < -0.3 is 10.2 Å². The van der Waals surface area contributed by atoms with E-state index in [0.29, 0.717) is 12.2 Å². The number of hydrogen-bond acceptors (Lipinski definition) is 4. The highest BCUT2D eigenvalue weighted by molar-refractivity contribution is 5.84. The highest BCUT2D eigenvalue weighted by Crippen LogP contribution is 2.35. The third-order valence-electron chi connectivity index (χ3n) is 4.95. The zero-order valence-electron chi connectivity index (χ0n) is 15.7. The van der Waals surface area contributed by atoms with Crippen LogP contribution < -0.4 is 5.73 Å². The Morgan fingerprint density at radius 1 is 0.724 bits per heavy atom. The summed E-state index contributed by atoms with van der Waals surface area (Å²) >= 11 is 0. The van der Waals surface area contributed by atoms with Gasteiger partial charge in [-0.15, -0.1) is 0 Å². The molecule has 4 heteroatoms. The van der Waals surface area contributed by atoms with Gasteiger partial charge in [-0.25, -0.2) is 9.97 Å². The highest BCUT2D eigenvalue weighted by Gasteiger charge is 2.19. The van der Waals surface area contributed by atoms with Crippen molar-refractivity contribution >= 4 is 16.9 Å².